The molecule has 0 saturated heterocycles. The van der Waals surface area contributed by atoms with Crippen LogP contribution >= 0.6 is 11.8 Å². The van der Waals surface area contributed by atoms with Gasteiger partial charge in [-0.1, -0.05) is 31.5 Å². The van der Waals surface area contributed by atoms with Crippen molar-refractivity contribution in [3.8, 4) is 17.3 Å². The van der Waals surface area contributed by atoms with Gasteiger partial charge in [-0.25, -0.2) is 19.9 Å². The van der Waals surface area contributed by atoms with E-state index in [4.69, 9.17) is 0 Å². The summed E-state index contributed by atoms with van der Waals surface area (Å²) in [5.41, 5.74) is 3.32. The average molecular weight is 572 g/mol. The Morgan fingerprint density at radius 3 is 2.52 bits per heavy atom. The first-order chi connectivity index (χ1) is 19.2. The topological polar surface area (TPSA) is 115 Å². The number of carbonyl (C=O) groups excluding carboxylic acids is 1. The van der Waals surface area contributed by atoms with Gasteiger partial charge in [-0.2, -0.15) is 24.9 Å². The van der Waals surface area contributed by atoms with Crippen LogP contribution < -0.4 is 15.4 Å². The highest BCUT2D eigenvalue weighted by Gasteiger charge is 2.33. The molecule has 0 aliphatic carbocycles. The van der Waals surface area contributed by atoms with Gasteiger partial charge in [0.05, 0.1) is 21.5 Å². The molecule has 4 rings (SSSR count). The van der Waals surface area contributed by atoms with Gasteiger partial charge < -0.3 is 15.4 Å². The highest BCUT2D eigenvalue weighted by atomic mass is 32.2. The summed E-state index contributed by atoms with van der Waals surface area (Å²) in [6.45, 7) is 1.15. The molecule has 1 amide bonds. The maximum absolute atomic E-state index is 12.5. The van der Waals surface area contributed by atoms with E-state index in [-0.39, 0.29) is 11.9 Å². The summed E-state index contributed by atoms with van der Waals surface area (Å²) in [4.78, 5) is 33.5. The van der Waals surface area contributed by atoms with Gasteiger partial charge in [0.2, 0.25) is 0 Å². The van der Waals surface area contributed by atoms with Crippen molar-refractivity contribution in [2.75, 3.05) is 31.8 Å². The summed E-state index contributed by atoms with van der Waals surface area (Å²) < 4.78 is 41.3. The second-order valence-corrected chi connectivity index (χ2v) is 10.1. The average Bonchev–Trinajstić information content (AvgIpc) is 2.97. The standard InChI is InChI=1S/C27H28F3N7O2S/c1-4-9-26(40-3,20-7-5-6-18-19(24(38)31-2)8-10-32-23(18)20)14-35-22-11-21(36-16-37-22)17-12-33-25(34-13-17)39-15-27(28,29)30/h5-8,10-13,16H,4,9,14-15H2,1-3H3,(H,31,38)(H,35,36,37). The molecule has 0 spiro atoms. The lowest BCUT2D eigenvalue weighted by atomic mass is 9.90. The second kappa shape index (κ2) is 12.5. The minimum Gasteiger partial charge on any atom is -0.454 e. The van der Waals surface area contributed by atoms with E-state index in [1.807, 2.05) is 24.5 Å². The zero-order valence-corrected chi connectivity index (χ0v) is 22.9. The predicted octanol–water partition coefficient (Wildman–Crippen LogP) is 5.25. The normalized spacial score (nSPS) is 13.1. The zero-order valence-electron chi connectivity index (χ0n) is 22.1. The fourth-order valence-electron chi connectivity index (χ4n) is 4.40. The van der Waals surface area contributed by atoms with Gasteiger partial charge in [-0.3, -0.25) is 9.78 Å². The van der Waals surface area contributed by atoms with E-state index < -0.39 is 17.5 Å². The van der Waals surface area contributed by atoms with Crippen molar-refractivity contribution >= 4 is 34.4 Å². The van der Waals surface area contributed by atoms with Crippen LogP contribution in [0.25, 0.3) is 22.2 Å². The van der Waals surface area contributed by atoms with Crippen molar-refractivity contribution in [3.05, 3.63) is 66.4 Å². The number of hydrogen-bond donors (Lipinski definition) is 2. The third kappa shape index (κ3) is 6.58. The summed E-state index contributed by atoms with van der Waals surface area (Å²) >= 11 is 1.70. The molecule has 1 unspecified atom stereocenters. The van der Waals surface area contributed by atoms with Crippen LogP contribution in [0.1, 0.15) is 35.7 Å². The number of alkyl halides is 3. The monoisotopic (exact) mass is 571 g/mol. The molecule has 0 bridgehead atoms. The first kappa shape index (κ1) is 29.0. The Kier molecular flexibility index (Phi) is 9.03. The van der Waals surface area contributed by atoms with Crippen LogP contribution in [0.5, 0.6) is 6.01 Å². The summed E-state index contributed by atoms with van der Waals surface area (Å²) in [5.74, 6) is 0.376. The van der Waals surface area contributed by atoms with Crippen LogP contribution in [0.15, 0.2) is 55.2 Å². The number of ether oxygens (including phenoxy) is 1. The van der Waals surface area contributed by atoms with Crippen LogP contribution in [0, 0.1) is 0 Å². The summed E-state index contributed by atoms with van der Waals surface area (Å²) in [5, 5.41) is 6.89. The maximum Gasteiger partial charge on any atom is 0.422 e. The molecule has 1 atom stereocenters. The Bertz CT molecular complexity index is 1470. The van der Waals surface area contributed by atoms with Gasteiger partial charge >= 0.3 is 12.2 Å². The third-order valence-corrected chi connectivity index (χ3v) is 7.64. The number of aromatic nitrogens is 5. The second-order valence-electron chi connectivity index (χ2n) is 8.89. The number of benzene rings is 1. The Morgan fingerprint density at radius 2 is 1.85 bits per heavy atom. The lowest BCUT2D eigenvalue weighted by Gasteiger charge is -2.34. The van der Waals surface area contributed by atoms with Crippen molar-refractivity contribution in [2.24, 2.45) is 0 Å². The first-order valence-electron chi connectivity index (χ1n) is 12.4. The minimum atomic E-state index is -4.48. The molecule has 9 nitrogen and oxygen atoms in total. The minimum absolute atomic E-state index is 0.176. The molecule has 1 aromatic carbocycles. The molecule has 210 valence electrons. The summed E-state index contributed by atoms with van der Waals surface area (Å²) in [6, 6.07) is 8.95. The molecule has 40 heavy (non-hydrogen) atoms. The molecule has 4 aromatic rings. The first-order valence-corrected chi connectivity index (χ1v) is 13.7. The van der Waals surface area contributed by atoms with Gasteiger partial charge in [0, 0.05) is 49.2 Å². The Balaban J connectivity index is 1.60. The smallest absolute Gasteiger partial charge is 0.422 e. The number of fused-ring (bicyclic) bond motifs is 1. The van der Waals surface area contributed by atoms with Crippen LogP contribution in [0.4, 0.5) is 19.0 Å². The molecular formula is C27H28F3N7O2S. The van der Waals surface area contributed by atoms with E-state index in [1.165, 1.54) is 18.7 Å². The fraction of sp³-hybridized carbons (Fsp3) is 0.333. The molecule has 0 radical (unpaired) electrons. The van der Waals surface area contributed by atoms with E-state index >= 15 is 0 Å². The van der Waals surface area contributed by atoms with E-state index in [0.717, 1.165) is 29.3 Å². The SMILES string of the molecule is CCCC(CNc1cc(-c2cnc(OCC(F)(F)F)nc2)ncn1)(SC)c1cccc2c(C(=O)NC)ccnc12. The van der Waals surface area contributed by atoms with Gasteiger partial charge in [0.1, 0.15) is 12.1 Å². The van der Waals surface area contributed by atoms with Crippen LogP contribution in [0.3, 0.4) is 0 Å². The number of para-hydroxylation sites is 1. The predicted molar refractivity (Wildman–Crippen MR) is 148 cm³/mol. The van der Waals surface area contributed by atoms with Crippen molar-refractivity contribution in [1.29, 1.82) is 0 Å². The summed E-state index contributed by atoms with van der Waals surface area (Å²) in [6.07, 6.45) is 5.04. The van der Waals surface area contributed by atoms with E-state index in [2.05, 4.69) is 47.2 Å². The van der Waals surface area contributed by atoms with Crippen molar-refractivity contribution in [3.63, 3.8) is 0 Å². The molecule has 0 saturated carbocycles. The highest BCUT2D eigenvalue weighted by Crippen LogP contribution is 2.42. The zero-order chi connectivity index (χ0) is 28.8. The number of nitrogens with zero attached hydrogens (tertiary/aromatic N) is 5. The summed E-state index contributed by atoms with van der Waals surface area (Å²) in [7, 11) is 1.60. The van der Waals surface area contributed by atoms with Crippen molar-refractivity contribution < 1.29 is 22.7 Å². The van der Waals surface area contributed by atoms with Crippen LogP contribution in [0.2, 0.25) is 0 Å². The number of halogens is 3. The van der Waals surface area contributed by atoms with E-state index in [0.29, 0.717) is 29.2 Å². The number of nitrogens with one attached hydrogen (secondary N) is 2. The number of pyridine rings is 1. The molecule has 3 aromatic heterocycles. The fourth-order valence-corrected chi connectivity index (χ4v) is 5.41. The van der Waals surface area contributed by atoms with Crippen LogP contribution in [-0.4, -0.2) is 63.5 Å². The number of hydrogen-bond acceptors (Lipinski definition) is 9. The number of carbonyl (C=O) groups is 1. The van der Waals surface area contributed by atoms with Crippen molar-refractivity contribution in [1.82, 2.24) is 30.2 Å². The number of rotatable bonds is 11. The molecule has 0 fully saturated rings. The molecular weight excluding hydrogens is 543 g/mol. The Morgan fingerprint density at radius 1 is 1.07 bits per heavy atom. The Hall–Kier alpha value is -4.00. The largest absolute Gasteiger partial charge is 0.454 e. The number of amides is 1. The van der Waals surface area contributed by atoms with Gasteiger partial charge in [0.15, 0.2) is 6.61 Å². The molecule has 2 N–H and O–H groups in total. The Labute approximate surface area is 233 Å². The highest BCUT2D eigenvalue weighted by molar-refractivity contribution is 7.99. The quantitative estimate of drug-likeness (QED) is 0.249. The lowest BCUT2D eigenvalue weighted by molar-refractivity contribution is -0.154. The van der Waals surface area contributed by atoms with Gasteiger partial charge in [-0.05, 0) is 24.3 Å². The molecule has 13 heteroatoms. The van der Waals surface area contributed by atoms with E-state index in [1.54, 1.807) is 37.1 Å². The van der Waals surface area contributed by atoms with E-state index in [9.17, 15) is 18.0 Å². The number of anilines is 1. The van der Waals surface area contributed by atoms with Crippen molar-refractivity contribution in [2.45, 2.75) is 30.7 Å². The van der Waals surface area contributed by atoms with Gasteiger partial charge in [-0.15, -0.1) is 0 Å². The van der Waals surface area contributed by atoms with Gasteiger partial charge in [0.25, 0.3) is 5.91 Å². The molecule has 3 heterocycles. The lowest BCUT2D eigenvalue weighted by Crippen LogP contribution is -2.32. The number of thioether (sulfide) groups is 1. The van der Waals surface area contributed by atoms with Crippen LogP contribution in [-0.2, 0) is 4.75 Å². The molecule has 0 aliphatic heterocycles. The molecule has 0 aliphatic rings. The maximum atomic E-state index is 12.5. The third-order valence-electron chi connectivity index (χ3n) is 6.29.